The number of rotatable bonds is 4. The highest BCUT2D eigenvalue weighted by atomic mass is 16.3. The van der Waals surface area contributed by atoms with E-state index < -0.39 is 0 Å². The van der Waals surface area contributed by atoms with Crippen molar-refractivity contribution in [3.63, 3.8) is 0 Å². The molecule has 0 fully saturated rings. The molecule has 1 aromatic rings. The molecule has 70 valence electrons. The van der Waals surface area contributed by atoms with Crippen LogP contribution in [-0.2, 0) is 6.42 Å². The monoisotopic (exact) mass is 177 g/mol. The van der Waals surface area contributed by atoms with Gasteiger partial charge in [0.25, 0.3) is 0 Å². The minimum absolute atomic E-state index is 0.322. The fraction of sp³-hybridized carbons (Fsp3) is 0.273. The number of hydrogen-bond acceptors (Lipinski definition) is 2. The van der Waals surface area contributed by atoms with Crippen LogP contribution >= 0.6 is 0 Å². The number of allylic oxidation sites excluding steroid dienone is 1. The molecule has 13 heavy (non-hydrogen) atoms. The summed E-state index contributed by atoms with van der Waals surface area (Å²) in [5.41, 5.74) is 1.21. The molecule has 0 heterocycles. The van der Waals surface area contributed by atoms with Gasteiger partial charge in [0.15, 0.2) is 0 Å². The fourth-order valence-corrected chi connectivity index (χ4v) is 1.05. The smallest absolute Gasteiger partial charge is 0.115 e. The van der Waals surface area contributed by atoms with Gasteiger partial charge in [-0.1, -0.05) is 24.3 Å². The second-order valence-corrected chi connectivity index (χ2v) is 2.90. The van der Waals surface area contributed by atoms with Gasteiger partial charge in [0.1, 0.15) is 5.75 Å². The Bertz CT molecular complexity index is 264. The largest absolute Gasteiger partial charge is 0.508 e. The predicted octanol–water partition coefficient (Wildman–Crippen LogP) is 1.71. The molecule has 0 saturated heterocycles. The van der Waals surface area contributed by atoms with E-state index in [0.29, 0.717) is 5.75 Å². The van der Waals surface area contributed by atoms with Gasteiger partial charge in [0.05, 0.1) is 0 Å². The molecule has 1 aromatic carbocycles. The van der Waals surface area contributed by atoms with Gasteiger partial charge in [-0.15, -0.1) is 0 Å². The van der Waals surface area contributed by atoms with Crippen LogP contribution in [0.5, 0.6) is 5.75 Å². The highest BCUT2D eigenvalue weighted by molar-refractivity contribution is 5.27. The molecule has 0 radical (unpaired) electrons. The molecule has 0 aromatic heterocycles. The Balaban J connectivity index is 2.41. The molecular formula is C11H15NO. The summed E-state index contributed by atoms with van der Waals surface area (Å²) in [6.07, 6.45) is 5.12. The van der Waals surface area contributed by atoms with Crippen LogP contribution in [0.25, 0.3) is 0 Å². The van der Waals surface area contributed by atoms with Crippen molar-refractivity contribution in [1.29, 1.82) is 0 Å². The Labute approximate surface area is 78.9 Å². The normalized spacial score (nSPS) is 10.8. The van der Waals surface area contributed by atoms with E-state index in [2.05, 4.69) is 17.5 Å². The second-order valence-electron chi connectivity index (χ2n) is 2.90. The molecule has 0 aliphatic heterocycles. The minimum atomic E-state index is 0.322. The van der Waals surface area contributed by atoms with Crippen LogP contribution in [0, 0.1) is 0 Å². The van der Waals surface area contributed by atoms with Gasteiger partial charge in [0, 0.05) is 6.54 Å². The van der Waals surface area contributed by atoms with Crippen LogP contribution in [0.2, 0.25) is 0 Å². The van der Waals surface area contributed by atoms with Gasteiger partial charge >= 0.3 is 0 Å². The number of nitrogens with one attached hydrogen (secondary N) is 1. The molecule has 2 nitrogen and oxygen atoms in total. The Hall–Kier alpha value is -1.28. The van der Waals surface area contributed by atoms with Gasteiger partial charge in [-0.3, -0.25) is 0 Å². The molecule has 0 amide bonds. The standard InChI is InChI=1S/C11H15NO/c1-12-9-3-2-4-10-5-7-11(13)8-6-10/h2-3,5-8,12-13H,4,9H2,1H3/b3-2-. The summed E-state index contributed by atoms with van der Waals surface area (Å²) in [5.74, 6) is 0.322. The van der Waals surface area contributed by atoms with E-state index >= 15 is 0 Å². The summed E-state index contributed by atoms with van der Waals surface area (Å²) >= 11 is 0. The number of phenols is 1. The summed E-state index contributed by atoms with van der Waals surface area (Å²) in [4.78, 5) is 0. The molecule has 0 aliphatic rings. The van der Waals surface area contributed by atoms with Crippen LogP contribution in [0.4, 0.5) is 0 Å². The molecule has 0 spiro atoms. The third-order valence-corrected chi connectivity index (χ3v) is 1.78. The number of benzene rings is 1. The first-order chi connectivity index (χ1) is 6.33. The van der Waals surface area contributed by atoms with E-state index in [1.165, 1.54) is 5.56 Å². The lowest BCUT2D eigenvalue weighted by atomic mass is 10.1. The SMILES string of the molecule is CNC/C=C\Cc1ccc(O)cc1. The maximum Gasteiger partial charge on any atom is 0.115 e. The lowest BCUT2D eigenvalue weighted by Crippen LogP contribution is -2.03. The van der Waals surface area contributed by atoms with Gasteiger partial charge < -0.3 is 10.4 Å². The molecular weight excluding hydrogens is 162 g/mol. The Kier molecular flexibility index (Phi) is 4.06. The number of likely N-dealkylation sites (N-methyl/N-ethyl adjacent to an activating group) is 1. The summed E-state index contributed by atoms with van der Waals surface area (Å²) in [6, 6.07) is 7.28. The first kappa shape index (κ1) is 9.81. The molecule has 0 saturated carbocycles. The molecule has 1 rings (SSSR count). The Morgan fingerprint density at radius 1 is 1.23 bits per heavy atom. The Morgan fingerprint density at radius 3 is 2.54 bits per heavy atom. The van der Waals surface area contributed by atoms with Gasteiger partial charge in [-0.2, -0.15) is 0 Å². The van der Waals surface area contributed by atoms with Crippen molar-refractivity contribution in [1.82, 2.24) is 5.32 Å². The van der Waals surface area contributed by atoms with Crippen molar-refractivity contribution in [2.45, 2.75) is 6.42 Å². The minimum Gasteiger partial charge on any atom is -0.508 e. The molecule has 0 unspecified atom stereocenters. The van der Waals surface area contributed by atoms with E-state index in [-0.39, 0.29) is 0 Å². The molecule has 0 aliphatic carbocycles. The van der Waals surface area contributed by atoms with Crippen LogP contribution in [0.3, 0.4) is 0 Å². The summed E-state index contributed by atoms with van der Waals surface area (Å²) in [7, 11) is 1.92. The zero-order valence-electron chi connectivity index (χ0n) is 7.83. The van der Waals surface area contributed by atoms with E-state index in [1.807, 2.05) is 19.2 Å². The third-order valence-electron chi connectivity index (χ3n) is 1.78. The maximum absolute atomic E-state index is 9.04. The van der Waals surface area contributed by atoms with E-state index in [9.17, 15) is 0 Å². The van der Waals surface area contributed by atoms with Crippen LogP contribution in [-0.4, -0.2) is 18.7 Å². The zero-order chi connectivity index (χ0) is 9.52. The summed E-state index contributed by atoms with van der Waals surface area (Å²) < 4.78 is 0. The van der Waals surface area contributed by atoms with E-state index in [0.717, 1.165) is 13.0 Å². The lowest BCUT2D eigenvalue weighted by molar-refractivity contribution is 0.475. The van der Waals surface area contributed by atoms with E-state index in [1.54, 1.807) is 12.1 Å². The third kappa shape index (κ3) is 3.76. The first-order valence-corrected chi connectivity index (χ1v) is 4.40. The van der Waals surface area contributed by atoms with Gasteiger partial charge in [-0.25, -0.2) is 0 Å². The van der Waals surface area contributed by atoms with Crippen LogP contribution in [0.1, 0.15) is 5.56 Å². The average molecular weight is 177 g/mol. The highest BCUT2D eigenvalue weighted by Gasteiger charge is 1.89. The number of hydrogen-bond donors (Lipinski definition) is 2. The summed E-state index contributed by atoms with van der Waals surface area (Å²) in [5, 5.41) is 12.1. The van der Waals surface area contributed by atoms with Crippen LogP contribution < -0.4 is 5.32 Å². The predicted molar refractivity (Wildman–Crippen MR) is 54.9 cm³/mol. The molecule has 0 bridgehead atoms. The topological polar surface area (TPSA) is 32.3 Å². The molecule has 2 N–H and O–H groups in total. The molecule has 0 atom stereocenters. The van der Waals surface area contributed by atoms with Crippen molar-refractivity contribution in [3.8, 4) is 5.75 Å². The lowest BCUT2D eigenvalue weighted by Gasteiger charge is -1.96. The van der Waals surface area contributed by atoms with Crippen molar-refractivity contribution in [2.75, 3.05) is 13.6 Å². The maximum atomic E-state index is 9.04. The van der Waals surface area contributed by atoms with Crippen molar-refractivity contribution >= 4 is 0 Å². The zero-order valence-corrected chi connectivity index (χ0v) is 7.83. The van der Waals surface area contributed by atoms with Crippen molar-refractivity contribution in [2.24, 2.45) is 0 Å². The first-order valence-electron chi connectivity index (χ1n) is 4.40. The van der Waals surface area contributed by atoms with Crippen LogP contribution in [0.15, 0.2) is 36.4 Å². The number of phenolic OH excluding ortho intramolecular Hbond substituents is 1. The van der Waals surface area contributed by atoms with Gasteiger partial charge in [-0.05, 0) is 31.2 Å². The molecule has 2 heteroatoms. The average Bonchev–Trinajstić information content (AvgIpc) is 2.15. The quantitative estimate of drug-likeness (QED) is 0.686. The van der Waals surface area contributed by atoms with E-state index in [4.69, 9.17) is 5.11 Å². The fourth-order valence-electron chi connectivity index (χ4n) is 1.05. The summed E-state index contributed by atoms with van der Waals surface area (Å²) in [6.45, 7) is 0.901. The highest BCUT2D eigenvalue weighted by Crippen LogP contribution is 2.09. The van der Waals surface area contributed by atoms with Crippen molar-refractivity contribution < 1.29 is 5.11 Å². The number of aromatic hydroxyl groups is 1. The Morgan fingerprint density at radius 2 is 1.92 bits per heavy atom. The van der Waals surface area contributed by atoms with Gasteiger partial charge in [0.2, 0.25) is 0 Å². The van der Waals surface area contributed by atoms with Crippen molar-refractivity contribution in [3.05, 3.63) is 42.0 Å². The second kappa shape index (κ2) is 5.38.